The highest BCUT2D eigenvalue weighted by atomic mass is 127. The number of alkyl halides is 1. The molecule has 3 heteroatoms. The van der Waals surface area contributed by atoms with Gasteiger partial charge < -0.3 is 0 Å². The zero-order chi connectivity index (χ0) is 8.97. The van der Waals surface area contributed by atoms with Crippen molar-refractivity contribution >= 4 is 44.3 Å². The lowest BCUT2D eigenvalue weighted by Crippen LogP contribution is -2.03. The molecule has 0 aliphatic rings. The van der Waals surface area contributed by atoms with Crippen molar-refractivity contribution in [1.82, 2.24) is 0 Å². The normalized spacial score (nSPS) is 9.83. The third kappa shape index (κ3) is 3.23. The molecular formula is C9H8BrIO. The molecule has 1 aromatic carbocycles. The number of hydrogen-bond acceptors (Lipinski definition) is 1. The first-order valence-corrected chi connectivity index (χ1v) is 5.74. The van der Waals surface area contributed by atoms with E-state index in [2.05, 4.69) is 38.5 Å². The molecule has 1 nitrogen and oxygen atoms in total. The van der Waals surface area contributed by atoms with E-state index >= 15 is 0 Å². The Hall–Kier alpha value is 0.100. The van der Waals surface area contributed by atoms with Gasteiger partial charge in [-0.05, 0) is 40.3 Å². The number of hydrogen-bond donors (Lipinski definition) is 0. The molecule has 0 atom stereocenters. The molecule has 64 valence electrons. The molecule has 0 bridgehead atoms. The summed E-state index contributed by atoms with van der Waals surface area (Å²) in [5.41, 5.74) is 1.09. The molecule has 0 heterocycles. The molecule has 0 aliphatic carbocycles. The number of carbonyl (C=O) groups is 1. The fourth-order valence-corrected chi connectivity index (χ4v) is 1.73. The van der Waals surface area contributed by atoms with E-state index in [0.29, 0.717) is 11.8 Å². The molecular weight excluding hydrogens is 331 g/mol. The summed E-state index contributed by atoms with van der Waals surface area (Å²) in [4.78, 5) is 11.0. The molecule has 0 spiro atoms. The first-order chi connectivity index (χ1) is 5.72. The Morgan fingerprint density at radius 2 is 2.25 bits per heavy atom. The lowest BCUT2D eigenvalue weighted by atomic mass is 10.1. The summed E-state index contributed by atoms with van der Waals surface area (Å²) in [5, 5.41) is 0.443. The van der Waals surface area contributed by atoms with Gasteiger partial charge in [0.05, 0.1) is 5.33 Å². The minimum absolute atomic E-state index is 0.219. The second-order valence-corrected chi connectivity index (χ2v) is 4.29. The molecule has 0 fully saturated rings. The lowest BCUT2D eigenvalue weighted by molar-refractivity contribution is -0.115. The van der Waals surface area contributed by atoms with Gasteiger partial charge in [0.1, 0.15) is 5.78 Å². The van der Waals surface area contributed by atoms with Crippen LogP contribution in [0.15, 0.2) is 24.3 Å². The fraction of sp³-hybridized carbons (Fsp3) is 0.222. The predicted molar refractivity (Wildman–Crippen MR) is 61.7 cm³/mol. The van der Waals surface area contributed by atoms with Gasteiger partial charge in [-0.1, -0.05) is 28.1 Å². The topological polar surface area (TPSA) is 17.1 Å². The van der Waals surface area contributed by atoms with Crippen LogP contribution < -0.4 is 0 Å². The van der Waals surface area contributed by atoms with E-state index in [4.69, 9.17) is 0 Å². The molecule has 0 saturated carbocycles. The molecule has 0 unspecified atom stereocenters. The summed E-state index contributed by atoms with van der Waals surface area (Å²) >= 11 is 5.38. The van der Waals surface area contributed by atoms with E-state index in [9.17, 15) is 4.79 Å². The third-order valence-corrected chi connectivity index (χ3v) is 2.74. The molecule has 12 heavy (non-hydrogen) atoms. The monoisotopic (exact) mass is 338 g/mol. The molecule has 0 saturated heterocycles. The fourth-order valence-electron chi connectivity index (χ4n) is 0.922. The Balaban J connectivity index is 2.69. The van der Waals surface area contributed by atoms with Crippen molar-refractivity contribution in [2.45, 2.75) is 6.42 Å². The van der Waals surface area contributed by atoms with Crippen LogP contribution in [0.3, 0.4) is 0 Å². The number of Topliss-reactive ketones (excluding diaryl/α,β-unsaturated/α-hetero) is 1. The average Bonchev–Trinajstić information content (AvgIpc) is 2.04. The maximum absolute atomic E-state index is 11.0. The highest BCUT2D eigenvalue weighted by Crippen LogP contribution is 2.08. The summed E-state index contributed by atoms with van der Waals surface area (Å²) in [6.07, 6.45) is 0.530. The van der Waals surface area contributed by atoms with Crippen molar-refractivity contribution in [2.75, 3.05) is 5.33 Å². The molecule has 0 amide bonds. The van der Waals surface area contributed by atoms with Crippen LogP contribution in [0.1, 0.15) is 5.56 Å². The Labute approximate surface area is 93.8 Å². The van der Waals surface area contributed by atoms with Crippen molar-refractivity contribution in [3.63, 3.8) is 0 Å². The maximum Gasteiger partial charge on any atom is 0.147 e. The van der Waals surface area contributed by atoms with Crippen molar-refractivity contribution in [3.05, 3.63) is 33.4 Å². The van der Waals surface area contributed by atoms with Gasteiger partial charge >= 0.3 is 0 Å². The van der Waals surface area contributed by atoms with Crippen LogP contribution in [0.4, 0.5) is 0 Å². The van der Waals surface area contributed by atoms with Gasteiger partial charge in [-0.3, -0.25) is 4.79 Å². The van der Waals surface area contributed by atoms with Crippen LogP contribution >= 0.6 is 38.5 Å². The maximum atomic E-state index is 11.0. The van der Waals surface area contributed by atoms with Crippen molar-refractivity contribution in [2.24, 2.45) is 0 Å². The zero-order valence-electron chi connectivity index (χ0n) is 6.39. The second kappa shape index (κ2) is 4.97. The highest BCUT2D eigenvalue weighted by Gasteiger charge is 2.00. The van der Waals surface area contributed by atoms with Crippen molar-refractivity contribution in [1.29, 1.82) is 0 Å². The number of benzene rings is 1. The van der Waals surface area contributed by atoms with Crippen LogP contribution in [-0.2, 0) is 11.2 Å². The van der Waals surface area contributed by atoms with Crippen LogP contribution in [0.25, 0.3) is 0 Å². The van der Waals surface area contributed by atoms with Gasteiger partial charge in [-0.15, -0.1) is 0 Å². The van der Waals surface area contributed by atoms with Crippen LogP contribution in [0.5, 0.6) is 0 Å². The zero-order valence-corrected chi connectivity index (χ0v) is 10.1. The van der Waals surface area contributed by atoms with E-state index in [1.54, 1.807) is 0 Å². The van der Waals surface area contributed by atoms with Crippen molar-refractivity contribution in [3.8, 4) is 0 Å². The quantitative estimate of drug-likeness (QED) is 0.612. The number of halogens is 2. The lowest BCUT2D eigenvalue weighted by Gasteiger charge is -1.98. The number of rotatable bonds is 3. The van der Waals surface area contributed by atoms with Gasteiger partial charge in [0, 0.05) is 9.99 Å². The summed E-state index contributed by atoms with van der Waals surface area (Å²) in [7, 11) is 0. The Kier molecular flexibility index (Phi) is 4.21. The Morgan fingerprint density at radius 3 is 2.83 bits per heavy atom. The van der Waals surface area contributed by atoms with E-state index in [0.717, 1.165) is 5.56 Å². The average molecular weight is 339 g/mol. The Bertz CT molecular complexity index is 286. The number of carbonyl (C=O) groups excluding carboxylic acids is 1. The summed E-state index contributed by atoms with van der Waals surface area (Å²) in [6, 6.07) is 7.99. The second-order valence-electron chi connectivity index (χ2n) is 2.48. The minimum atomic E-state index is 0.219. The number of ketones is 1. The highest BCUT2D eigenvalue weighted by molar-refractivity contribution is 14.1. The van der Waals surface area contributed by atoms with Gasteiger partial charge in [-0.25, -0.2) is 0 Å². The first-order valence-electron chi connectivity index (χ1n) is 3.54. The largest absolute Gasteiger partial charge is 0.298 e. The molecule has 1 rings (SSSR count). The SMILES string of the molecule is O=C(CBr)Cc1cccc(I)c1. The minimum Gasteiger partial charge on any atom is -0.298 e. The van der Waals surface area contributed by atoms with E-state index in [-0.39, 0.29) is 5.78 Å². The van der Waals surface area contributed by atoms with Crippen LogP contribution in [0, 0.1) is 3.57 Å². The van der Waals surface area contributed by atoms with Gasteiger partial charge in [0.2, 0.25) is 0 Å². The van der Waals surface area contributed by atoms with Gasteiger partial charge in [0.25, 0.3) is 0 Å². The summed E-state index contributed by atoms with van der Waals surface area (Å²) in [5.74, 6) is 0.219. The molecule has 1 aromatic rings. The first kappa shape index (κ1) is 10.2. The van der Waals surface area contributed by atoms with Crippen molar-refractivity contribution < 1.29 is 4.79 Å². The van der Waals surface area contributed by atoms with Gasteiger partial charge in [0.15, 0.2) is 0 Å². The van der Waals surface area contributed by atoms with Crippen LogP contribution in [-0.4, -0.2) is 11.1 Å². The summed E-state index contributed by atoms with van der Waals surface area (Å²) in [6.45, 7) is 0. The standard InChI is InChI=1S/C9H8BrIO/c10-6-9(12)5-7-2-1-3-8(11)4-7/h1-4H,5-6H2. The smallest absolute Gasteiger partial charge is 0.147 e. The predicted octanol–water partition coefficient (Wildman–Crippen LogP) is 2.80. The molecule has 0 radical (unpaired) electrons. The molecule has 0 aliphatic heterocycles. The molecule has 0 N–H and O–H groups in total. The van der Waals surface area contributed by atoms with E-state index < -0.39 is 0 Å². The molecule has 0 aromatic heterocycles. The van der Waals surface area contributed by atoms with E-state index in [1.165, 1.54) is 3.57 Å². The third-order valence-electron chi connectivity index (χ3n) is 1.44. The van der Waals surface area contributed by atoms with Gasteiger partial charge in [-0.2, -0.15) is 0 Å². The van der Waals surface area contributed by atoms with Crippen LogP contribution in [0.2, 0.25) is 0 Å². The Morgan fingerprint density at radius 1 is 1.50 bits per heavy atom. The van der Waals surface area contributed by atoms with E-state index in [1.807, 2.05) is 24.3 Å². The summed E-state index contributed by atoms with van der Waals surface area (Å²) < 4.78 is 1.17.